The summed E-state index contributed by atoms with van der Waals surface area (Å²) in [6, 6.07) is 15.0. The van der Waals surface area contributed by atoms with Crippen LogP contribution in [0.4, 0.5) is 8.78 Å². The summed E-state index contributed by atoms with van der Waals surface area (Å²) in [5, 5.41) is 0. The van der Waals surface area contributed by atoms with Gasteiger partial charge in [-0.1, -0.05) is 50.1 Å². The Kier molecular flexibility index (Phi) is 8.28. The average Bonchev–Trinajstić information content (AvgIpc) is 2.88. The lowest BCUT2D eigenvalue weighted by molar-refractivity contribution is 0.00218. The first-order valence-corrected chi connectivity index (χ1v) is 12.4. The standard InChI is InChI=1S/C29H33F2NO2/c1-3-5-6-7-24-14-12-22(18-32-24)26-16-13-23(19-34-26)20-8-10-21(11-9-20)25-15-17-27(33-4-2)29(31)28(25)30/h8-12,14-15,17-18,23,26H,3-7,13,16,19H2,1-2H3. The molecule has 1 aliphatic heterocycles. The fourth-order valence-corrected chi connectivity index (χ4v) is 4.56. The van der Waals surface area contributed by atoms with Crippen LogP contribution in [-0.4, -0.2) is 18.2 Å². The van der Waals surface area contributed by atoms with Crippen LogP contribution < -0.4 is 4.74 Å². The number of pyridine rings is 1. The van der Waals surface area contributed by atoms with Crippen LogP contribution in [0.5, 0.6) is 5.75 Å². The van der Waals surface area contributed by atoms with Gasteiger partial charge in [0.25, 0.3) is 0 Å². The first-order valence-electron chi connectivity index (χ1n) is 12.4. The second kappa shape index (κ2) is 11.6. The van der Waals surface area contributed by atoms with Gasteiger partial charge in [-0.15, -0.1) is 0 Å². The third kappa shape index (κ3) is 5.64. The van der Waals surface area contributed by atoms with E-state index in [1.807, 2.05) is 30.5 Å². The maximum atomic E-state index is 14.6. The van der Waals surface area contributed by atoms with E-state index >= 15 is 0 Å². The van der Waals surface area contributed by atoms with Crippen LogP contribution in [0.2, 0.25) is 0 Å². The summed E-state index contributed by atoms with van der Waals surface area (Å²) >= 11 is 0. The third-order valence-corrected chi connectivity index (χ3v) is 6.57. The summed E-state index contributed by atoms with van der Waals surface area (Å²) in [6.07, 6.45) is 8.66. The molecule has 5 heteroatoms. The number of nitrogens with zero attached hydrogens (tertiary/aromatic N) is 1. The maximum Gasteiger partial charge on any atom is 0.201 e. The average molecular weight is 466 g/mol. The van der Waals surface area contributed by atoms with Gasteiger partial charge in [0.1, 0.15) is 0 Å². The molecule has 0 N–H and O–H groups in total. The molecule has 1 saturated heterocycles. The SMILES string of the molecule is CCCCCc1ccc(C2CCC(c3ccc(-c4ccc(OCC)c(F)c4F)cc3)CO2)cn1. The van der Waals surface area contributed by atoms with Gasteiger partial charge in [0.2, 0.25) is 5.82 Å². The second-order valence-electron chi connectivity index (χ2n) is 8.93. The molecule has 0 bridgehead atoms. The lowest BCUT2D eigenvalue weighted by Gasteiger charge is -2.29. The quantitative estimate of drug-likeness (QED) is 0.302. The number of unbranched alkanes of at least 4 members (excludes halogenated alkanes) is 2. The Morgan fingerprint density at radius 3 is 2.35 bits per heavy atom. The van der Waals surface area contributed by atoms with E-state index in [0.717, 1.165) is 36.1 Å². The highest BCUT2D eigenvalue weighted by Crippen LogP contribution is 2.36. The van der Waals surface area contributed by atoms with Crippen LogP contribution in [0, 0.1) is 11.6 Å². The molecule has 2 atom stereocenters. The largest absolute Gasteiger partial charge is 0.491 e. The summed E-state index contributed by atoms with van der Waals surface area (Å²) < 4.78 is 40.1. The molecule has 0 aliphatic carbocycles. The van der Waals surface area contributed by atoms with Crippen molar-refractivity contribution in [3.63, 3.8) is 0 Å². The molecule has 2 heterocycles. The minimum Gasteiger partial charge on any atom is -0.491 e. The van der Waals surface area contributed by atoms with Crippen molar-refractivity contribution in [2.24, 2.45) is 0 Å². The number of halogens is 2. The first-order chi connectivity index (χ1) is 16.6. The number of benzene rings is 2. The van der Waals surface area contributed by atoms with Crippen LogP contribution in [-0.2, 0) is 11.2 Å². The van der Waals surface area contributed by atoms with Crippen molar-refractivity contribution in [1.29, 1.82) is 0 Å². The smallest absolute Gasteiger partial charge is 0.201 e. The van der Waals surface area contributed by atoms with E-state index in [-0.39, 0.29) is 29.9 Å². The zero-order chi connectivity index (χ0) is 23.9. The van der Waals surface area contributed by atoms with Gasteiger partial charge in [0.05, 0.1) is 19.3 Å². The van der Waals surface area contributed by atoms with Crippen LogP contribution in [0.1, 0.15) is 74.8 Å². The number of rotatable bonds is 9. The van der Waals surface area contributed by atoms with Gasteiger partial charge in [-0.05, 0) is 67.5 Å². The van der Waals surface area contributed by atoms with E-state index in [9.17, 15) is 8.78 Å². The van der Waals surface area contributed by atoms with Gasteiger partial charge in [0.15, 0.2) is 11.6 Å². The molecule has 1 aromatic heterocycles. The van der Waals surface area contributed by atoms with E-state index in [1.165, 1.54) is 25.3 Å². The maximum absolute atomic E-state index is 14.6. The van der Waals surface area contributed by atoms with Gasteiger partial charge in [-0.2, -0.15) is 4.39 Å². The van der Waals surface area contributed by atoms with Crippen molar-refractivity contribution in [1.82, 2.24) is 4.98 Å². The van der Waals surface area contributed by atoms with Gasteiger partial charge >= 0.3 is 0 Å². The van der Waals surface area contributed by atoms with Crippen molar-refractivity contribution >= 4 is 0 Å². The van der Waals surface area contributed by atoms with E-state index in [4.69, 9.17) is 9.47 Å². The van der Waals surface area contributed by atoms with Gasteiger partial charge in [-0.3, -0.25) is 4.98 Å². The third-order valence-electron chi connectivity index (χ3n) is 6.57. The summed E-state index contributed by atoms with van der Waals surface area (Å²) in [7, 11) is 0. The molecule has 1 fully saturated rings. The van der Waals surface area contributed by atoms with Crippen LogP contribution >= 0.6 is 0 Å². The zero-order valence-electron chi connectivity index (χ0n) is 20.0. The van der Waals surface area contributed by atoms with Gasteiger partial charge in [0, 0.05) is 23.4 Å². The number of hydrogen-bond donors (Lipinski definition) is 0. The highest BCUT2D eigenvalue weighted by molar-refractivity contribution is 5.65. The molecule has 0 spiro atoms. The van der Waals surface area contributed by atoms with E-state index in [2.05, 4.69) is 24.0 Å². The molecule has 4 rings (SSSR count). The molecule has 1 aliphatic rings. The molecule has 3 aromatic rings. The summed E-state index contributed by atoms with van der Waals surface area (Å²) in [5.41, 5.74) is 4.32. The summed E-state index contributed by atoms with van der Waals surface area (Å²) in [4.78, 5) is 4.63. The number of aryl methyl sites for hydroxylation is 1. The summed E-state index contributed by atoms with van der Waals surface area (Å²) in [6.45, 7) is 4.87. The lowest BCUT2D eigenvalue weighted by atomic mass is 9.89. The number of ether oxygens (including phenoxy) is 2. The Balaban J connectivity index is 1.36. The Labute approximate surface area is 201 Å². The van der Waals surface area contributed by atoms with Gasteiger partial charge in [-0.25, -0.2) is 4.39 Å². The lowest BCUT2D eigenvalue weighted by Crippen LogP contribution is -2.19. The van der Waals surface area contributed by atoms with Crippen molar-refractivity contribution in [3.8, 4) is 16.9 Å². The highest BCUT2D eigenvalue weighted by atomic mass is 19.2. The second-order valence-corrected chi connectivity index (χ2v) is 8.93. The van der Waals surface area contributed by atoms with E-state index in [1.54, 1.807) is 13.0 Å². The molecular formula is C29H33F2NO2. The Morgan fingerprint density at radius 1 is 0.912 bits per heavy atom. The highest BCUT2D eigenvalue weighted by Gasteiger charge is 2.24. The molecule has 2 unspecified atom stereocenters. The Bertz CT molecular complexity index is 1060. The Hall–Kier alpha value is -2.79. The molecule has 180 valence electrons. The molecule has 3 nitrogen and oxygen atoms in total. The molecule has 34 heavy (non-hydrogen) atoms. The monoisotopic (exact) mass is 465 g/mol. The van der Waals surface area contributed by atoms with Crippen LogP contribution in [0.15, 0.2) is 54.7 Å². The predicted octanol–water partition coefficient (Wildman–Crippen LogP) is 7.79. The van der Waals surface area contributed by atoms with Gasteiger partial charge < -0.3 is 9.47 Å². The molecule has 2 aromatic carbocycles. The van der Waals surface area contributed by atoms with Crippen molar-refractivity contribution in [3.05, 3.63) is 83.2 Å². The minimum atomic E-state index is -0.946. The Morgan fingerprint density at radius 2 is 1.71 bits per heavy atom. The zero-order valence-corrected chi connectivity index (χ0v) is 20.0. The van der Waals surface area contributed by atoms with Crippen LogP contribution in [0.3, 0.4) is 0 Å². The number of hydrogen-bond acceptors (Lipinski definition) is 3. The predicted molar refractivity (Wildman–Crippen MR) is 131 cm³/mol. The normalized spacial score (nSPS) is 18.1. The van der Waals surface area contributed by atoms with Crippen molar-refractivity contribution in [2.45, 2.75) is 64.4 Å². The van der Waals surface area contributed by atoms with Crippen molar-refractivity contribution in [2.75, 3.05) is 13.2 Å². The molecule has 0 saturated carbocycles. The molecule has 0 radical (unpaired) electrons. The fraction of sp³-hybridized carbons (Fsp3) is 0.414. The minimum absolute atomic E-state index is 0.0596. The first kappa shape index (κ1) is 24.3. The summed E-state index contributed by atoms with van der Waals surface area (Å²) in [5.74, 6) is -1.60. The van der Waals surface area contributed by atoms with E-state index in [0.29, 0.717) is 12.2 Å². The molecular weight excluding hydrogens is 432 g/mol. The van der Waals surface area contributed by atoms with Crippen molar-refractivity contribution < 1.29 is 18.3 Å². The van der Waals surface area contributed by atoms with E-state index < -0.39 is 11.6 Å². The fourth-order valence-electron chi connectivity index (χ4n) is 4.56. The number of aromatic nitrogens is 1. The topological polar surface area (TPSA) is 31.4 Å². The van der Waals surface area contributed by atoms with Crippen LogP contribution in [0.25, 0.3) is 11.1 Å². The molecule has 0 amide bonds.